The van der Waals surface area contributed by atoms with Gasteiger partial charge in [-0.05, 0) is 69.3 Å². The van der Waals surface area contributed by atoms with Crippen molar-refractivity contribution in [1.82, 2.24) is 4.57 Å². The summed E-state index contributed by atoms with van der Waals surface area (Å²) in [7, 11) is 0. The molecule has 2 nitrogen and oxygen atoms in total. The van der Waals surface area contributed by atoms with E-state index in [9.17, 15) is 0 Å². The van der Waals surface area contributed by atoms with Crippen LogP contribution in [0.25, 0.3) is 38.6 Å². The van der Waals surface area contributed by atoms with Crippen molar-refractivity contribution in [3.8, 4) is 16.8 Å². The summed E-state index contributed by atoms with van der Waals surface area (Å²) in [6.45, 7) is 0. The van der Waals surface area contributed by atoms with Crippen LogP contribution in [0.15, 0.2) is 200 Å². The van der Waals surface area contributed by atoms with Crippen LogP contribution in [-0.2, 0) is 5.41 Å². The zero-order valence-corrected chi connectivity index (χ0v) is 28.0. The highest BCUT2D eigenvalue weighted by molar-refractivity contribution is 6.15. The van der Waals surface area contributed by atoms with Crippen LogP contribution in [-0.4, -0.2) is 10.6 Å². The van der Waals surface area contributed by atoms with Crippen molar-refractivity contribution in [1.29, 1.82) is 0 Å². The number of hydrogen-bond donors (Lipinski definition) is 0. The molecule has 7 aromatic carbocycles. The van der Waals surface area contributed by atoms with Crippen molar-refractivity contribution in [2.24, 2.45) is 0 Å². The molecule has 0 spiro atoms. The van der Waals surface area contributed by atoms with Crippen LogP contribution in [0, 0.1) is 0 Å². The molecule has 51 heavy (non-hydrogen) atoms. The molecule has 0 amide bonds. The van der Waals surface area contributed by atoms with E-state index in [0.717, 1.165) is 0 Å². The Balaban J connectivity index is 1.22. The number of rotatable bonds is 4. The molecule has 2 heteroatoms. The maximum Gasteiger partial charge on any atom is 0.0782 e. The zero-order valence-electron chi connectivity index (χ0n) is 28.0. The third-order valence-electron chi connectivity index (χ3n) is 11.6. The molecule has 2 unspecified atom stereocenters. The van der Waals surface area contributed by atoms with Crippen molar-refractivity contribution >= 4 is 33.2 Å². The molecule has 0 saturated carbocycles. The smallest absolute Gasteiger partial charge is 0.0782 e. The molecule has 1 aliphatic heterocycles. The highest BCUT2D eigenvalue weighted by Gasteiger charge is 2.49. The van der Waals surface area contributed by atoms with Gasteiger partial charge in [0.05, 0.1) is 28.2 Å². The number of nitrogens with zero attached hydrogens (tertiary/aromatic N) is 2. The Bertz CT molecular complexity index is 2650. The molecule has 8 aromatic rings. The highest BCUT2D eigenvalue weighted by atomic mass is 15.2. The fraction of sp³-hybridized carbons (Fsp3) is 0.0612. The zero-order chi connectivity index (χ0) is 33.5. The lowest BCUT2D eigenvalue weighted by atomic mass is 9.65. The first kappa shape index (κ1) is 28.5. The predicted octanol–water partition coefficient (Wildman–Crippen LogP) is 11.9. The molecule has 11 rings (SSSR count). The van der Waals surface area contributed by atoms with E-state index in [-0.39, 0.29) is 12.0 Å². The molecule has 0 N–H and O–H groups in total. The van der Waals surface area contributed by atoms with Gasteiger partial charge in [0.25, 0.3) is 0 Å². The number of benzene rings is 7. The maximum absolute atomic E-state index is 2.61. The largest absolute Gasteiger partial charge is 0.332 e. The molecule has 0 bridgehead atoms. The minimum atomic E-state index is -0.431. The summed E-state index contributed by atoms with van der Waals surface area (Å²) in [6.07, 6.45) is 7.54. The lowest BCUT2D eigenvalue weighted by molar-refractivity contribution is 0.694. The molecule has 2 heterocycles. The van der Waals surface area contributed by atoms with Crippen LogP contribution in [0.5, 0.6) is 0 Å². The highest BCUT2D eigenvalue weighted by Crippen LogP contribution is 2.60. The summed E-state index contributed by atoms with van der Waals surface area (Å²) in [5, 5.41) is 2.55. The van der Waals surface area contributed by atoms with Gasteiger partial charge in [0.15, 0.2) is 0 Å². The minimum Gasteiger partial charge on any atom is -0.332 e. The van der Waals surface area contributed by atoms with Crippen LogP contribution >= 0.6 is 0 Å². The SMILES string of the molecule is C1=CC2C(C=C1C1(c3ccccc3)c3ccccc3-c3ccccc31)c1ccc3c4ccccc4n(-c4ccccc4)c3c1N2c1ccccc1. The number of fused-ring (bicyclic) bond motifs is 10. The van der Waals surface area contributed by atoms with E-state index in [1.807, 2.05) is 0 Å². The van der Waals surface area contributed by atoms with E-state index in [2.05, 4.69) is 204 Å². The summed E-state index contributed by atoms with van der Waals surface area (Å²) in [5.41, 5.74) is 15.1. The minimum absolute atomic E-state index is 0.124. The van der Waals surface area contributed by atoms with Crippen LogP contribution < -0.4 is 4.90 Å². The van der Waals surface area contributed by atoms with Crippen molar-refractivity contribution < 1.29 is 0 Å². The number of allylic oxidation sites excluding steroid dienone is 2. The third kappa shape index (κ3) is 3.82. The standard InChI is InChI=1S/C49H34N2/c1-4-16-33(17-5-1)49(43-25-13-10-22-37(43)38-23-11-14-26-44(38)49)34-28-31-46-42(32-34)41-30-29-40-39-24-12-15-27-45(39)50(35-18-6-2-7-19-35)47(40)48(41)51(46)36-20-8-3-9-21-36/h1-32,42,46H. The number of hydrogen-bond acceptors (Lipinski definition) is 1. The van der Waals surface area contributed by atoms with Gasteiger partial charge in [0.1, 0.15) is 0 Å². The van der Waals surface area contributed by atoms with E-state index < -0.39 is 5.41 Å². The third-order valence-corrected chi connectivity index (χ3v) is 11.6. The second kappa shape index (κ2) is 10.8. The first-order chi connectivity index (χ1) is 25.3. The van der Waals surface area contributed by atoms with Crippen LogP contribution in [0.1, 0.15) is 28.2 Å². The topological polar surface area (TPSA) is 8.17 Å². The molecule has 0 radical (unpaired) electrons. The van der Waals surface area contributed by atoms with E-state index in [0.29, 0.717) is 0 Å². The second-order valence-corrected chi connectivity index (χ2v) is 14.0. The van der Waals surface area contributed by atoms with Crippen molar-refractivity contribution in [2.75, 3.05) is 4.90 Å². The number of para-hydroxylation sites is 3. The Labute approximate surface area is 297 Å². The van der Waals surface area contributed by atoms with Crippen molar-refractivity contribution in [2.45, 2.75) is 17.4 Å². The normalized spacial score (nSPS) is 18.0. The lowest BCUT2D eigenvalue weighted by Gasteiger charge is -2.38. The quantitative estimate of drug-likeness (QED) is 0.184. The second-order valence-electron chi connectivity index (χ2n) is 14.0. The lowest BCUT2D eigenvalue weighted by Crippen LogP contribution is -2.34. The van der Waals surface area contributed by atoms with Gasteiger partial charge in [-0.2, -0.15) is 0 Å². The summed E-state index contributed by atoms with van der Waals surface area (Å²) < 4.78 is 2.49. The van der Waals surface area contributed by atoms with Gasteiger partial charge < -0.3 is 9.47 Å². The molecule has 3 aliphatic rings. The molecule has 2 aliphatic carbocycles. The molecule has 1 aromatic heterocycles. The average molecular weight is 651 g/mol. The summed E-state index contributed by atoms with van der Waals surface area (Å²) in [5.74, 6) is 0.146. The molecular weight excluding hydrogens is 617 g/mol. The van der Waals surface area contributed by atoms with E-state index in [1.165, 1.54) is 77.8 Å². The van der Waals surface area contributed by atoms with Crippen LogP contribution in [0.4, 0.5) is 11.4 Å². The Morgan fingerprint density at radius 3 is 1.78 bits per heavy atom. The predicted molar refractivity (Wildman–Crippen MR) is 211 cm³/mol. The maximum atomic E-state index is 2.61. The average Bonchev–Trinajstić information content (AvgIpc) is 3.83. The first-order valence-electron chi connectivity index (χ1n) is 18.0. The van der Waals surface area contributed by atoms with Gasteiger partial charge in [-0.3, -0.25) is 0 Å². The summed E-state index contributed by atoms with van der Waals surface area (Å²) >= 11 is 0. The number of anilines is 2. The Kier molecular flexibility index (Phi) is 6.03. The van der Waals surface area contributed by atoms with Crippen molar-refractivity contribution in [3.05, 3.63) is 222 Å². The first-order valence-corrected chi connectivity index (χ1v) is 18.0. The van der Waals surface area contributed by atoms with E-state index >= 15 is 0 Å². The summed E-state index contributed by atoms with van der Waals surface area (Å²) in [6, 6.07) is 64.9. The van der Waals surface area contributed by atoms with Crippen LogP contribution in [0.3, 0.4) is 0 Å². The van der Waals surface area contributed by atoms with Gasteiger partial charge >= 0.3 is 0 Å². The summed E-state index contributed by atoms with van der Waals surface area (Å²) in [4.78, 5) is 2.61. The molecule has 0 saturated heterocycles. The van der Waals surface area contributed by atoms with Crippen molar-refractivity contribution in [3.63, 3.8) is 0 Å². The Morgan fingerprint density at radius 2 is 1.08 bits per heavy atom. The Morgan fingerprint density at radius 1 is 0.490 bits per heavy atom. The van der Waals surface area contributed by atoms with Gasteiger partial charge in [-0.15, -0.1) is 0 Å². The van der Waals surface area contributed by atoms with E-state index in [1.54, 1.807) is 0 Å². The fourth-order valence-electron chi connectivity index (χ4n) is 9.61. The molecular formula is C49H34N2. The molecule has 0 fully saturated rings. The Hall–Kier alpha value is -6.38. The van der Waals surface area contributed by atoms with Gasteiger partial charge in [0.2, 0.25) is 0 Å². The van der Waals surface area contributed by atoms with E-state index in [4.69, 9.17) is 0 Å². The molecule has 240 valence electrons. The van der Waals surface area contributed by atoms with Gasteiger partial charge in [-0.1, -0.05) is 164 Å². The number of aromatic nitrogens is 1. The van der Waals surface area contributed by atoms with Crippen LogP contribution in [0.2, 0.25) is 0 Å². The monoisotopic (exact) mass is 650 g/mol. The van der Waals surface area contributed by atoms with Gasteiger partial charge in [-0.25, -0.2) is 0 Å². The van der Waals surface area contributed by atoms with Gasteiger partial charge in [0, 0.05) is 28.1 Å². The fourth-order valence-corrected chi connectivity index (χ4v) is 9.61. The molecule has 2 atom stereocenters.